The van der Waals surface area contributed by atoms with Gasteiger partial charge in [-0.2, -0.15) is 0 Å². The summed E-state index contributed by atoms with van der Waals surface area (Å²) in [4.78, 5) is 4.12. The third-order valence-electron chi connectivity index (χ3n) is 2.05. The Labute approximate surface area is 97.7 Å². The van der Waals surface area contributed by atoms with Crippen molar-refractivity contribution in [2.75, 3.05) is 7.11 Å². The summed E-state index contributed by atoms with van der Waals surface area (Å²) in [6, 6.07) is 3.83. The van der Waals surface area contributed by atoms with E-state index in [1.54, 1.807) is 13.3 Å². The number of aromatic nitrogens is 3. The third kappa shape index (κ3) is 2.98. The minimum Gasteiger partial charge on any atom is -0.481 e. The Morgan fingerprint density at radius 1 is 1.38 bits per heavy atom. The Morgan fingerprint density at radius 2 is 2.31 bits per heavy atom. The molecule has 1 N–H and O–H groups in total. The number of hydrogen-bond acceptors (Lipinski definition) is 6. The molecule has 0 aliphatic carbocycles. The lowest BCUT2D eigenvalue weighted by atomic mass is 10.3. The van der Waals surface area contributed by atoms with Gasteiger partial charge in [0.25, 0.3) is 0 Å². The molecule has 0 bridgehead atoms. The van der Waals surface area contributed by atoms with Crippen LogP contribution >= 0.6 is 11.5 Å². The van der Waals surface area contributed by atoms with Crippen LogP contribution in [0.15, 0.2) is 23.7 Å². The molecular formula is C10H12N4OS. The van der Waals surface area contributed by atoms with E-state index in [1.165, 1.54) is 11.5 Å². The summed E-state index contributed by atoms with van der Waals surface area (Å²) in [6.45, 7) is 1.48. The maximum absolute atomic E-state index is 4.98. The summed E-state index contributed by atoms with van der Waals surface area (Å²) < 4.78 is 8.78. The first kappa shape index (κ1) is 11.0. The molecule has 0 aromatic carbocycles. The average molecular weight is 236 g/mol. The first-order chi connectivity index (χ1) is 7.88. The van der Waals surface area contributed by atoms with Gasteiger partial charge in [0, 0.05) is 30.7 Å². The second-order valence-corrected chi connectivity index (χ2v) is 3.82. The maximum atomic E-state index is 4.98. The maximum Gasteiger partial charge on any atom is 0.212 e. The standard InChI is InChI=1S/C10H12N4OS/c1-15-10-3-2-8(5-12-10)4-11-6-9-7-16-14-13-9/h2-3,5,7,11H,4,6H2,1H3. The number of ether oxygens (including phenoxy) is 1. The van der Waals surface area contributed by atoms with Crippen LogP contribution in [0.4, 0.5) is 0 Å². The number of nitrogens with one attached hydrogen (secondary N) is 1. The van der Waals surface area contributed by atoms with Crippen LogP contribution in [0.1, 0.15) is 11.3 Å². The van der Waals surface area contributed by atoms with E-state index in [-0.39, 0.29) is 0 Å². The highest BCUT2D eigenvalue weighted by Crippen LogP contribution is 2.06. The molecule has 16 heavy (non-hydrogen) atoms. The fourth-order valence-electron chi connectivity index (χ4n) is 1.23. The molecule has 0 radical (unpaired) electrons. The second-order valence-electron chi connectivity index (χ2n) is 3.21. The van der Waals surface area contributed by atoms with Crippen LogP contribution < -0.4 is 10.1 Å². The molecule has 0 saturated carbocycles. The molecule has 0 amide bonds. The second kappa shape index (κ2) is 5.53. The average Bonchev–Trinajstić information content (AvgIpc) is 2.83. The summed E-state index contributed by atoms with van der Waals surface area (Å²) >= 11 is 1.36. The van der Waals surface area contributed by atoms with Crippen LogP contribution in [0.25, 0.3) is 0 Å². The molecule has 6 heteroatoms. The lowest BCUT2D eigenvalue weighted by Crippen LogP contribution is -2.13. The van der Waals surface area contributed by atoms with Gasteiger partial charge in [-0.3, -0.25) is 0 Å². The SMILES string of the molecule is COc1ccc(CNCc2csnn2)cn1. The van der Waals surface area contributed by atoms with Gasteiger partial charge < -0.3 is 10.1 Å². The normalized spacial score (nSPS) is 10.3. The Hall–Kier alpha value is -1.53. The van der Waals surface area contributed by atoms with Gasteiger partial charge in [0.1, 0.15) is 0 Å². The van der Waals surface area contributed by atoms with Crippen molar-refractivity contribution in [2.24, 2.45) is 0 Å². The number of hydrogen-bond donors (Lipinski definition) is 1. The lowest BCUT2D eigenvalue weighted by Gasteiger charge is -2.03. The molecule has 0 unspecified atom stereocenters. The third-order valence-corrected chi connectivity index (χ3v) is 2.60. The molecule has 2 aromatic rings. The van der Waals surface area contributed by atoms with Gasteiger partial charge in [0.15, 0.2) is 0 Å². The summed E-state index contributed by atoms with van der Waals surface area (Å²) in [6.07, 6.45) is 1.80. The predicted molar refractivity (Wildman–Crippen MR) is 61.2 cm³/mol. The van der Waals surface area contributed by atoms with Crippen molar-refractivity contribution in [1.82, 2.24) is 19.9 Å². The first-order valence-electron chi connectivity index (χ1n) is 4.84. The minimum atomic E-state index is 0.632. The molecule has 0 aliphatic rings. The minimum absolute atomic E-state index is 0.632. The van der Waals surface area contributed by atoms with Crippen molar-refractivity contribution in [3.63, 3.8) is 0 Å². The van der Waals surface area contributed by atoms with E-state index >= 15 is 0 Å². The zero-order valence-electron chi connectivity index (χ0n) is 8.88. The topological polar surface area (TPSA) is 59.9 Å². The highest BCUT2D eigenvalue weighted by atomic mass is 32.1. The highest BCUT2D eigenvalue weighted by Gasteiger charge is 1.97. The number of nitrogens with zero attached hydrogens (tertiary/aromatic N) is 3. The van der Waals surface area contributed by atoms with E-state index < -0.39 is 0 Å². The van der Waals surface area contributed by atoms with Gasteiger partial charge in [-0.25, -0.2) is 4.98 Å². The van der Waals surface area contributed by atoms with Gasteiger partial charge >= 0.3 is 0 Å². The summed E-state index contributed by atoms with van der Waals surface area (Å²) in [5.74, 6) is 0.632. The molecule has 84 valence electrons. The Kier molecular flexibility index (Phi) is 3.79. The monoisotopic (exact) mass is 236 g/mol. The van der Waals surface area contributed by atoms with E-state index in [0.29, 0.717) is 5.88 Å². The van der Waals surface area contributed by atoms with Crippen LogP contribution in [-0.2, 0) is 13.1 Å². The van der Waals surface area contributed by atoms with Crippen LogP contribution in [-0.4, -0.2) is 21.7 Å². The molecule has 0 atom stereocenters. The summed E-state index contributed by atoms with van der Waals surface area (Å²) in [7, 11) is 1.61. The Balaban J connectivity index is 1.81. The van der Waals surface area contributed by atoms with Crippen molar-refractivity contribution >= 4 is 11.5 Å². The number of pyridine rings is 1. The van der Waals surface area contributed by atoms with E-state index in [9.17, 15) is 0 Å². The molecule has 2 heterocycles. The molecule has 2 rings (SSSR count). The van der Waals surface area contributed by atoms with E-state index in [4.69, 9.17) is 4.74 Å². The summed E-state index contributed by atoms with van der Waals surface area (Å²) in [5, 5.41) is 9.14. The molecule has 0 spiro atoms. The number of rotatable bonds is 5. The van der Waals surface area contributed by atoms with Crippen molar-refractivity contribution < 1.29 is 4.74 Å². The van der Waals surface area contributed by atoms with Crippen LogP contribution in [0.3, 0.4) is 0 Å². The smallest absolute Gasteiger partial charge is 0.212 e. The molecule has 0 aliphatic heterocycles. The van der Waals surface area contributed by atoms with Crippen molar-refractivity contribution in [3.05, 3.63) is 35.0 Å². The highest BCUT2D eigenvalue weighted by molar-refractivity contribution is 7.03. The van der Waals surface area contributed by atoms with E-state index in [1.807, 2.05) is 17.5 Å². The predicted octanol–water partition coefficient (Wildman–Crippen LogP) is 1.23. The number of methoxy groups -OCH3 is 1. The lowest BCUT2D eigenvalue weighted by molar-refractivity contribution is 0.397. The molecular weight excluding hydrogens is 224 g/mol. The summed E-state index contributed by atoms with van der Waals surface area (Å²) in [5.41, 5.74) is 2.08. The van der Waals surface area contributed by atoms with Gasteiger partial charge in [0.05, 0.1) is 12.8 Å². The Morgan fingerprint density at radius 3 is 2.94 bits per heavy atom. The van der Waals surface area contributed by atoms with Gasteiger partial charge in [-0.15, -0.1) is 5.10 Å². The van der Waals surface area contributed by atoms with E-state index in [2.05, 4.69) is 19.9 Å². The largest absolute Gasteiger partial charge is 0.481 e. The van der Waals surface area contributed by atoms with Gasteiger partial charge in [-0.05, 0) is 17.1 Å². The zero-order chi connectivity index (χ0) is 11.2. The van der Waals surface area contributed by atoms with Crippen molar-refractivity contribution in [2.45, 2.75) is 13.1 Å². The van der Waals surface area contributed by atoms with Crippen molar-refractivity contribution in [1.29, 1.82) is 0 Å². The van der Waals surface area contributed by atoms with Crippen LogP contribution in [0, 0.1) is 0 Å². The first-order valence-corrected chi connectivity index (χ1v) is 5.67. The van der Waals surface area contributed by atoms with Gasteiger partial charge in [-0.1, -0.05) is 10.6 Å². The quantitative estimate of drug-likeness (QED) is 0.846. The molecule has 2 aromatic heterocycles. The molecule has 0 fully saturated rings. The van der Waals surface area contributed by atoms with E-state index in [0.717, 1.165) is 24.3 Å². The molecule has 0 saturated heterocycles. The fraction of sp³-hybridized carbons (Fsp3) is 0.300. The van der Waals surface area contributed by atoms with Gasteiger partial charge in [0.2, 0.25) is 5.88 Å². The Bertz CT molecular complexity index is 415. The molecule has 5 nitrogen and oxygen atoms in total. The zero-order valence-corrected chi connectivity index (χ0v) is 9.70. The van der Waals surface area contributed by atoms with Crippen molar-refractivity contribution in [3.8, 4) is 5.88 Å². The van der Waals surface area contributed by atoms with Crippen LogP contribution in [0.2, 0.25) is 0 Å². The van der Waals surface area contributed by atoms with Crippen LogP contribution in [0.5, 0.6) is 5.88 Å². The fourth-order valence-corrected chi connectivity index (χ4v) is 1.68.